The van der Waals surface area contributed by atoms with Crippen LogP contribution in [0.15, 0.2) is 47.5 Å². The van der Waals surface area contributed by atoms with E-state index in [1.54, 1.807) is 36.4 Å². The van der Waals surface area contributed by atoms with Crippen LogP contribution in [0, 0.1) is 0 Å². The van der Waals surface area contributed by atoms with Crippen LogP contribution < -0.4 is 4.74 Å². The second-order valence-corrected chi connectivity index (χ2v) is 6.46. The highest BCUT2D eigenvalue weighted by Crippen LogP contribution is 2.29. The summed E-state index contributed by atoms with van der Waals surface area (Å²) in [5, 5.41) is 17.4. The molecule has 3 aromatic rings. The van der Waals surface area contributed by atoms with Gasteiger partial charge in [0.1, 0.15) is 12.2 Å². The third-order valence-corrected chi connectivity index (χ3v) is 4.31. The van der Waals surface area contributed by atoms with E-state index in [9.17, 15) is 9.90 Å². The molecule has 0 aliphatic carbocycles. The van der Waals surface area contributed by atoms with Crippen molar-refractivity contribution in [2.75, 3.05) is 13.7 Å². The summed E-state index contributed by atoms with van der Waals surface area (Å²) in [6.07, 6.45) is 1.53. The minimum atomic E-state index is -0.221. The number of carbonyl (C=O) groups excluding carboxylic acids is 1. The number of H-pyrrole nitrogens is 1. The fourth-order valence-electron chi connectivity index (χ4n) is 2.39. The highest BCUT2D eigenvalue weighted by atomic mass is 35.5. The molecule has 2 N–H and O–H groups in total. The van der Waals surface area contributed by atoms with Crippen molar-refractivity contribution in [2.24, 2.45) is 4.99 Å². The second-order valence-electron chi connectivity index (χ2n) is 5.62. The molecule has 6 nitrogen and oxygen atoms in total. The van der Waals surface area contributed by atoms with Crippen molar-refractivity contribution in [3.8, 4) is 22.8 Å². The number of nitrogens with zero attached hydrogens (tertiary/aromatic N) is 2. The first-order chi connectivity index (χ1) is 13.0. The van der Waals surface area contributed by atoms with Crippen LogP contribution in [0.4, 0.5) is 0 Å². The summed E-state index contributed by atoms with van der Waals surface area (Å²) in [4.78, 5) is 16.4. The standard InChI is InChI=1S/C19H15Cl2N3O3/c1-27-19-6-11(2-5-17(19)25)9-22-10-18(26)16-8-15(23-24-16)13-4-3-12(20)7-14(13)21/h2-9,25H,10H2,1H3,(H,23,24). The molecule has 3 rings (SSSR count). The molecule has 0 fully saturated rings. The summed E-state index contributed by atoms with van der Waals surface area (Å²) >= 11 is 12.1. The number of Topliss-reactive ketones (excluding diaryl/α,β-unsaturated/α-hetero) is 1. The summed E-state index contributed by atoms with van der Waals surface area (Å²) in [5.74, 6) is 0.153. The number of ether oxygens (including phenoxy) is 1. The fraction of sp³-hybridized carbons (Fsp3) is 0.105. The van der Waals surface area contributed by atoms with Crippen LogP contribution in [0.2, 0.25) is 10.0 Å². The van der Waals surface area contributed by atoms with Crippen LogP contribution in [0.3, 0.4) is 0 Å². The monoisotopic (exact) mass is 403 g/mol. The lowest BCUT2D eigenvalue weighted by Gasteiger charge is -2.03. The van der Waals surface area contributed by atoms with Gasteiger partial charge in [0.2, 0.25) is 5.78 Å². The topological polar surface area (TPSA) is 87.6 Å². The normalized spacial score (nSPS) is 11.1. The molecule has 27 heavy (non-hydrogen) atoms. The number of phenolic OH excluding ortho intramolecular Hbond substituents is 1. The van der Waals surface area contributed by atoms with Crippen molar-refractivity contribution in [2.45, 2.75) is 0 Å². The van der Waals surface area contributed by atoms with Crippen molar-refractivity contribution in [3.63, 3.8) is 0 Å². The van der Waals surface area contributed by atoms with Crippen LogP contribution in [0.5, 0.6) is 11.5 Å². The van der Waals surface area contributed by atoms with E-state index < -0.39 is 0 Å². The van der Waals surface area contributed by atoms with Crippen LogP contribution in [0.1, 0.15) is 16.1 Å². The summed E-state index contributed by atoms with van der Waals surface area (Å²) in [6, 6.07) is 11.5. The lowest BCUT2D eigenvalue weighted by Crippen LogP contribution is -2.04. The number of hydrogen-bond acceptors (Lipinski definition) is 5. The average molecular weight is 404 g/mol. The number of aromatic nitrogens is 2. The number of aromatic amines is 1. The molecule has 0 bridgehead atoms. The third-order valence-electron chi connectivity index (χ3n) is 3.76. The molecule has 0 unspecified atom stereocenters. The molecule has 8 heteroatoms. The molecule has 1 aromatic heterocycles. The van der Waals surface area contributed by atoms with Gasteiger partial charge in [-0.2, -0.15) is 5.10 Å². The number of hydrogen-bond donors (Lipinski definition) is 2. The van der Waals surface area contributed by atoms with Gasteiger partial charge in [0.05, 0.1) is 17.8 Å². The Bertz CT molecular complexity index is 1020. The quantitative estimate of drug-likeness (QED) is 0.471. The van der Waals surface area contributed by atoms with E-state index in [1.165, 1.54) is 19.4 Å². The maximum absolute atomic E-state index is 12.3. The van der Waals surface area contributed by atoms with Crippen LogP contribution in [-0.4, -0.2) is 41.0 Å². The zero-order valence-electron chi connectivity index (χ0n) is 14.2. The number of halogens is 2. The van der Waals surface area contributed by atoms with E-state index in [1.807, 2.05) is 0 Å². The van der Waals surface area contributed by atoms with Crippen molar-refractivity contribution >= 4 is 35.2 Å². The Morgan fingerprint density at radius 1 is 1.26 bits per heavy atom. The maximum Gasteiger partial charge on any atom is 0.201 e. The third kappa shape index (κ3) is 4.48. The van der Waals surface area contributed by atoms with Gasteiger partial charge in [0, 0.05) is 16.8 Å². The molecular weight excluding hydrogens is 389 g/mol. The Labute approximate surface area is 165 Å². The molecule has 0 saturated heterocycles. The Kier molecular flexibility index (Phi) is 5.78. The Balaban J connectivity index is 1.69. The van der Waals surface area contributed by atoms with Gasteiger partial charge in [0.15, 0.2) is 11.5 Å². The Morgan fingerprint density at radius 2 is 2.07 bits per heavy atom. The first-order valence-corrected chi connectivity index (χ1v) is 8.64. The molecule has 1 heterocycles. The molecule has 0 spiro atoms. The average Bonchev–Trinajstić information content (AvgIpc) is 3.13. The van der Waals surface area contributed by atoms with Crippen molar-refractivity contribution < 1.29 is 14.6 Å². The SMILES string of the molecule is COc1cc(C=NCC(=O)c2cc(-c3ccc(Cl)cc3Cl)n[nH]2)ccc1O. The first-order valence-electron chi connectivity index (χ1n) is 7.89. The van der Waals surface area contributed by atoms with E-state index in [0.29, 0.717) is 38.3 Å². The number of methoxy groups -OCH3 is 1. The van der Waals surface area contributed by atoms with Crippen molar-refractivity contribution in [1.29, 1.82) is 0 Å². The molecule has 0 saturated carbocycles. The van der Waals surface area contributed by atoms with Gasteiger partial charge < -0.3 is 9.84 Å². The predicted octanol–water partition coefficient (Wildman–Crippen LogP) is 4.40. The Morgan fingerprint density at radius 3 is 2.81 bits per heavy atom. The van der Waals surface area contributed by atoms with Gasteiger partial charge in [-0.3, -0.25) is 14.9 Å². The largest absolute Gasteiger partial charge is 0.504 e. The van der Waals surface area contributed by atoms with Gasteiger partial charge in [-0.25, -0.2) is 0 Å². The fourth-order valence-corrected chi connectivity index (χ4v) is 2.90. The van der Waals surface area contributed by atoms with Gasteiger partial charge in [-0.15, -0.1) is 0 Å². The van der Waals surface area contributed by atoms with Crippen molar-refractivity contribution in [1.82, 2.24) is 10.2 Å². The predicted molar refractivity (Wildman–Crippen MR) is 105 cm³/mol. The molecule has 2 aromatic carbocycles. The molecule has 138 valence electrons. The maximum atomic E-state index is 12.3. The summed E-state index contributed by atoms with van der Waals surface area (Å²) in [6.45, 7) is -0.0564. The number of phenols is 1. The molecule has 0 amide bonds. The van der Waals surface area contributed by atoms with Gasteiger partial charge in [-0.05, 0) is 48.0 Å². The van der Waals surface area contributed by atoms with Crippen LogP contribution in [0.25, 0.3) is 11.3 Å². The number of aliphatic imine (C=N–C) groups is 1. The summed E-state index contributed by atoms with van der Waals surface area (Å²) in [5.41, 5.74) is 2.26. The minimum absolute atomic E-state index is 0.0385. The molecule has 0 atom stereocenters. The minimum Gasteiger partial charge on any atom is -0.504 e. The van der Waals surface area contributed by atoms with Crippen LogP contribution >= 0.6 is 23.2 Å². The lowest BCUT2D eigenvalue weighted by atomic mass is 10.1. The Hall–Kier alpha value is -2.83. The number of rotatable bonds is 6. The molecule has 0 radical (unpaired) electrons. The van der Waals surface area contributed by atoms with E-state index >= 15 is 0 Å². The zero-order chi connectivity index (χ0) is 19.4. The number of nitrogens with one attached hydrogen (secondary N) is 1. The zero-order valence-corrected chi connectivity index (χ0v) is 15.8. The molecule has 0 aliphatic rings. The van der Waals surface area contributed by atoms with E-state index in [-0.39, 0.29) is 18.1 Å². The number of benzene rings is 2. The van der Waals surface area contributed by atoms with Crippen LogP contribution in [-0.2, 0) is 0 Å². The van der Waals surface area contributed by atoms with Gasteiger partial charge in [0.25, 0.3) is 0 Å². The second kappa shape index (κ2) is 8.24. The highest BCUT2D eigenvalue weighted by Gasteiger charge is 2.13. The number of aromatic hydroxyl groups is 1. The van der Waals surface area contributed by atoms with E-state index in [2.05, 4.69) is 15.2 Å². The van der Waals surface area contributed by atoms with E-state index in [0.717, 1.165) is 0 Å². The molecule has 0 aliphatic heterocycles. The number of carbonyl (C=O) groups is 1. The smallest absolute Gasteiger partial charge is 0.201 e. The highest BCUT2D eigenvalue weighted by molar-refractivity contribution is 6.36. The van der Waals surface area contributed by atoms with Crippen molar-refractivity contribution in [3.05, 3.63) is 63.8 Å². The summed E-state index contributed by atoms with van der Waals surface area (Å²) in [7, 11) is 1.46. The molecular formula is C19H15Cl2N3O3. The number of ketones is 1. The lowest BCUT2D eigenvalue weighted by molar-refractivity contribution is 0.0997. The summed E-state index contributed by atoms with van der Waals surface area (Å²) < 4.78 is 5.03. The van der Waals surface area contributed by atoms with Gasteiger partial charge >= 0.3 is 0 Å². The first kappa shape index (κ1) is 18.9. The van der Waals surface area contributed by atoms with Gasteiger partial charge in [-0.1, -0.05) is 23.2 Å². The van der Waals surface area contributed by atoms with E-state index in [4.69, 9.17) is 27.9 Å².